The van der Waals surface area contributed by atoms with Crippen molar-refractivity contribution >= 4 is 17.1 Å². The maximum atomic E-state index is 6.07. The minimum Gasteiger partial charge on any atom is -0.367 e. The Morgan fingerprint density at radius 2 is 1.90 bits per heavy atom. The summed E-state index contributed by atoms with van der Waals surface area (Å²) in [5.74, 6) is 2.30. The van der Waals surface area contributed by atoms with E-state index >= 15 is 0 Å². The molecule has 3 aliphatic carbocycles. The molecule has 0 spiro atoms. The van der Waals surface area contributed by atoms with Gasteiger partial charge < -0.3 is 11.1 Å². The second kappa shape index (κ2) is 11.1. The summed E-state index contributed by atoms with van der Waals surface area (Å²) in [6.07, 6.45) is 22.3. The lowest BCUT2D eigenvalue weighted by Gasteiger charge is -2.27. The Balaban J connectivity index is 1.42. The summed E-state index contributed by atoms with van der Waals surface area (Å²) in [7, 11) is 0. The lowest BCUT2D eigenvalue weighted by Crippen LogP contribution is -2.33. The van der Waals surface area contributed by atoms with Crippen molar-refractivity contribution in [2.24, 2.45) is 22.6 Å². The summed E-state index contributed by atoms with van der Waals surface area (Å²) in [4.78, 5) is 9.66. The number of hydrogen-bond donors (Lipinski definition) is 2. The van der Waals surface area contributed by atoms with Crippen LogP contribution in [-0.4, -0.2) is 29.3 Å². The van der Waals surface area contributed by atoms with Crippen LogP contribution in [0.1, 0.15) is 83.1 Å². The van der Waals surface area contributed by atoms with Gasteiger partial charge in [0.05, 0.1) is 0 Å². The first-order valence-electron chi connectivity index (χ1n) is 12.6. The molecular weight excluding hydrogens is 380 g/mol. The average Bonchev–Trinajstić information content (AvgIpc) is 3.02. The molecular formula is C27H40N4. The molecule has 0 saturated heterocycles. The van der Waals surface area contributed by atoms with E-state index in [-0.39, 0.29) is 0 Å². The molecule has 4 heteroatoms. The van der Waals surface area contributed by atoms with Crippen LogP contribution in [0, 0.1) is 11.8 Å². The van der Waals surface area contributed by atoms with E-state index in [0.29, 0.717) is 18.0 Å². The smallest absolute Gasteiger partial charge is 0.126 e. The second-order valence-corrected chi connectivity index (χ2v) is 9.81. The molecule has 4 nitrogen and oxygen atoms in total. The fraction of sp³-hybridized carbons (Fsp3) is 0.630. The Kier molecular flexibility index (Phi) is 7.96. The highest BCUT2D eigenvalue weighted by Gasteiger charge is 2.21. The molecule has 2 saturated carbocycles. The van der Waals surface area contributed by atoms with Gasteiger partial charge in [0.25, 0.3) is 0 Å². The van der Waals surface area contributed by atoms with Crippen LogP contribution in [-0.2, 0) is 0 Å². The van der Waals surface area contributed by atoms with Crippen LogP contribution in [0.4, 0.5) is 5.82 Å². The number of hydrogen-bond acceptors (Lipinski definition) is 4. The summed E-state index contributed by atoms with van der Waals surface area (Å²) in [5.41, 5.74) is 10.0. The molecule has 0 bridgehead atoms. The molecule has 1 unspecified atom stereocenters. The highest BCUT2D eigenvalue weighted by molar-refractivity contribution is 5.97. The number of nitrogens with one attached hydrogen (secondary N) is 1. The van der Waals surface area contributed by atoms with Gasteiger partial charge in [-0.1, -0.05) is 38.3 Å². The van der Waals surface area contributed by atoms with Gasteiger partial charge in [0, 0.05) is 30.5 Å². The molecule has 1 atom stereocenters. The van der Waals surface area contributed by atoms with Crippen molar-refractivity contribution in [1.29, 1.82) is 0 Å². The predicted octanol–water partition coefficient (Wildman–Crippen LogP) is 6.15. The molecule has 0 radical (unpaired) electrons. The summed E-state index contributed by atoms with van der Waals surface area (Å²) in [6.45, 7) is 3.31. The average molecular weight is 421 g/mol. The molecule has 0 amide bonds. The van der Waals surface area contributed by atoms with E-state index < -0.39 is 0 Å². The summed E-state index contributed by atoms with van der Waals surface area (Å²) >= 11 is 0. The molecule has 1 heterocycles. The quantitative estimate of drug-likeness (QED) is 0.580. The highest BCUT2D eigenvalue weighted by Crippen LogP contribution is 2.33. The first kappa shape index (κ1) is 22.3. The van der Waals surface area contributed by atoms with E-state index in [2.05, 4.69) is 47.6 Å². The number of pyridine rings is 1. The standard InChI is InChI=1S/C27H40N4/c1-2-21-17-25(30-19-20-7-4-3-5-8-20)9-6-10-26(21)22-15-16-29-27(18-22)31-24-13-11-23(28)12-14-24/h6,9-10,15-16,18,20-21,23-24H,2-5,7-8,11-14,17,19,28H2,1H3,(H,29,31). The zero-order chi connectivity index (χ0) is 21.5. The Hall–Kier alpha value is -1.94. The van der Waals surface area contributed by atoms with Crippen LogP contribution in [0.3, 0.4) is 0 Å². The maximum absolute atomic E-state index is 6.07. The van der Waals surface area contributed by atoms with Gasteiger partial charge in [0.1, 0.15) is 5.82 Å². The van der Waals surface area contributed by atoms with E-state index in [1.54, 1.807) is 0 Å². The third kappa shape index (κ3) is 6.29. The number of rotatable bonds is 6. The van der Waals surface area contributed by atoms with E-state index in [9.17, 15) is 0 Å². The van der Waals surface area contributed by atoms with E-state index in [4.69, 9.17) is 10.7 Å². The lowest BCUT2D eigenvalue weighted by atomic mass is 9.87. The summed E-state index contributed by atoms with van der Waals surface area (Å²) in [6, 6.07) is 5.26. The van der Waals surface area contributed by atoms with E-state index in [0.717, 1.165) is 56.8 Å². The third-order valence-corrected chi connectivity index (χ3v) is 7.45. The van der Waals surface area contributed by atoms with Gasteiger partial charge in [0.2, 0.25) is 0 Å². The Labute approximate surface area is 188 Å². The first-order valence-corrected chi connectivity index (χ1v) is 12.6. The van der Waals surface area contributed by atoms with Gasteiger partial charge in [-0.05, 0) is 92.5 Å². The minimum atomic E-state index is 0.375. The van der Waals surface area contributed by atoms with E-state index in [1.165, 1.54) is 49.0 Å². The Morgan fingerprint density at radius 3 is 2.68 bits per heavy atom. The summed E-state index contributed by atoms with van der Waals surface area (Å²) < 4.78 is 0. The molecule has 3 aliphatic rings. The Bertz CT molecular complexity index is 795. The SMILES string of the molecule is CCC1CC(=NCC2CCCCC2)C=CC=C1c1ccnc(NC2CCC(N)CC2)c1. The Morgan fingerprint density at radius 1 is 1.10 bits per heavy atom. The summed E-state index contributed by atoms with van der Waals surface area (Å²) in [5, 5.41) is 3.66. The molecule has 1 aromatic rings. The lowest BCUT2D eigenvalue weighted by molar-refractivity contribution is 0.367. The molecule has 2 fully saturated rings. The van der Waals surface area contributed by atoms with Crippen LogP contribution in [0.25, 0.3) is 5.57 Å². The maximum Gasteiger partial charge on any atom is 0.126 e. The zero-order valence-electron chi connectivity index (χ0n) is 19.2. The van der Waals surface area contributed by atoms with Crippen LogP contribution >= 0.6 is 0 Å². The molecule has 4 rings (SSSR count). The number of nitrogens with two attached hydrogens (primary N) is 1. The molecule has 0 aromatic carbocycles. The van der Waals surface area contributed by atoms with E-state index in [1.807, 2.05) is 6.20 Å². The predicted molar refractivity (Wildman–Crippen MR) is 132 cm³/mol. The molecule has 31 heavy (non-hydrogen) atoms. The van der Waals surface area contributed by atoms with Crippen molar-refractivity contribution in [3.05, 3.63) is 42.1 Å². The molecule has 168 valence electrons. The minimum absolute atomic E-state index is 0.375. The molecule has 3 N–H and O–H groups in total. The fourth-order valence-electron chi connectivity index (χ4n) is 5.42. The normalized spacial score (nSPS) is 28.9. The topological polar surface area (TPSA) is 63.3 Å². The molecule has 0 aliphatic heterocycles. The number of aromatic nitrogens is 1. The van der Waals surface area contributed by atoms with Gasteiger partial charge in [-0.25, -0.2) is 4.98 Å². The van der Waals surface area contributed by atoms with Gasteiger partial charge in [-0.2, -0.15) is 0 Å². The van der Waals surface area contributed by atoms with Crippen molar-refractivity contribution in [2.75, 3.05) is 11.9 Å². The van der Waals surface area contributed by atoms with Gasteiger partial charge in [-0.15, -0.1) is 0 Å². The van der Waals surface area contributed by atoms with Gasteiger partial charge in [-0.3, -0.25) is 4.99 Å². The second-order valence-electron chi connectivity index (χ2n) is 9.81. The van der Waals surface area contributed by atoms with Crippen molar-refractivity contribution in [2.45, 2.75) is 89.6 Å². The van der Waals surface area contributed by atoms with Crippen molar-refractivity contribution in [3.63, 3.8) is 0 Å². The number of anilines is 1. The van der Waals surface area contributed by atoms with Gasteiger partial charge in [0.15, 0.2) is 0 Å². The number of allylic oxidation sites excluding steroid dienone is 4. The molecule has 1 aromatic heterocycles. The van der Waals surface area contributed by atoms with Crippen LogP contribution in [0.2, 0.25) is 0 Å². The number of nitrogens with zero attached hydrogens (tertiary/aromatic N) is 2. The highest BCUT2D eigenvalue weighted by atomic mass is 15.0. The van der Waals surface area contributed by atoms with Crippen molar-refractivity contribution < 1.29 is 0 Å². The van der Waals surface area contributed by atoms with Crippen LogP contribution in [0.5, 0.6) is 0 Å². The van der Waals surface area contributed by atoms with Crippen molar-refractivity contribution in [1.82, 2.24) is 4.98 Å². The third-order valence-electron chi connectivity index (χ3n) is 7.45. The van der Waals surface area contributed by atoms with Crippen LogP contribution in [0.15, 0.2) is 41.6 Å². The fourth-order valence-corrected chi connectivity index (χ4v) is 5.42. The van der Waals surface area contributed by atoms with Crippen LogP contribution < -0.4 is 11.1 Å². The van der Waals surface area contributed by atoms with Gasteiger partial charge >= 0.3 is 0 Å². The number of aliphatic imine (C=N–C) groups is 1. The first-order chi connectivity index (χ1) is 15.2. The zero-order valence-corrected chi connectivity index (χ0v) is 19.2. The largest absolute Gasteiger partial charge is 0.367 e. The van der Waals surface area contributed by atoms with Crippen molar-refractivity contribution in [3.8, 4) is 0 Å². The monoisotopic (exact) mass is 420 g/mol.